The predicted octanol–water partition coefficient (Wildman–Crippen LogP) is 5.13. The van der Waals surface area contributed by atoms with Crippen molar-refractivity contribution in [1.82, 2.24) is 5.32 Å². The van der Waals surface area contributed by atoms with Gasteiger partial charge in [0.15, 0.2) is 34.5 Å². The molecule has 0 aliphatic carbocycles. The molecule has 9 N–H and O–H groups in total. The average molecular weight is 654 g/mol. The highest BCUT2D eigenvalue weighted by atomic mass is 16.6. The second kappa shape index (κ2) is 13.5. The van der Waals surface area contributed by atoms with E-state index in [2.05, 4.69) is 5.32 Å². The highest BCUT2D eigenvalue weighted by Crippen LogP contribution is 2.43. The smallest absolute Gasteiger partial charge is 0.345 e. The summed E-state index contributed by atoms with van der Waals surface area (Å²) in [4.78, 5) is 25.2. The zero-order chi connectivity index (χ0) is 34.7. The zero-order valence-corrected chi connectivity index (χ0v) is 25.3. The molecule has 0 aliphatic rings. The number of phenols is 7. The number of aromatic hydroxyl groups is 7. The van der Waals surface area contributed by atoms with Gasteiger partial charge in [-0.15, -0.1) is 0 Å². The average Bonchev–Trinajstić information content (AvgIpc) is 3.05. The van der Waals surface area contributed by atoms with Gasteiger partial charge in [-0.3, -0.25) is 0 Å². The Labute approximate surface area is 273 Å². The summed E-state index contributed by atoms with van der Waals surface area (Å²) >= 11 is 0. The summed E-state index contributed by atoms with van der Waals surface area (Å²) in [5.41, 5.74) is 2.46. The monoisotopic (exact) mass is 653 g/mol. The molecule has 0 spiro atoms. The van der Waals surface area contributed by atoms with Gasteiger partial charge in [-0.2, -0.15) is 0 Å². The highest BCUT2D eigenvalue weighted by Gasteiger charge is 2.33. The maximum absolute atomic E-state index is 13.0. The van der Waals surface area contributed by atoms with Crippen LogP contribution in [0.15, 0.2) is 84.9 Å². The maximum atomic E-state index is 13.0. The van der Waals surface area contributed by atoms with Gasteiger partial charge in [0, 0.05) is 23.9 Å². The Morgan fingerprint density at radius 3 is 2.02 bits per heavy atom. The molecule has 246 valence electrons. The minimum atomic E-state index is -1.70. The second-order valence-corrected chi connectivity index (χ2v) is 11.0. The third-order valence-corrected chi connectivity index (χ3v) is 7.81. The standard InChI is InChI=1S/C36H31NO11/c1-37-17-27(21-6-9-28(39)29(40)13-21)35(36(46)47)48-33(44)10-7-20-14-32(43)34(45)23-8-5-19(12-24(20)23)26-16-31(42)30(41)15-25(26)18-3-2-4-22(38)11-18/h2-16,27,35,37-43,45H,17H2,1H3,(H,46,47)/b10-7+/t27-,35+/m0/s1. The minimum Gasteiger partial charge on any atom is -0.508 e. The summed E-state index contributed by atoms with van der Waals surface area (Å²) < 4.78 is 5.34. The van der Waals surface area contributed by atoms with Gasteiger partial charge < -0.3 is 50.9 Å². The minimum absolute atomic E-state index is 0.0205. The number of phenolic OH excluding ortho intramolecular Hbond substituents is 7. The number of ether oxygens (including phenoxy) is 1. The van der Waals surface area contributed by atoms with Crippen molar-refractivity contribution in [2.24, 2.45) is 0 Å². The predicted molar refractivity (Wildman–Crippen MR) is 176 cm³/mol. The first-order valence-corrected chi connectivity index (χ1v) is 14.5. The number of nitrogens with one attached hydrogen (secondary N) is 1. The summed E-state index contributed by atoms with van der Waals surface area (Å²) in [6.45, 7) is 0.0365. The number of carbonyl (C=O) groups excluding carboxylic acids is 1. The van der Waals surface area contributed by atoms with Crippen LogP contribution in [0.25, 0.3) is 39.1 Å². The first-order valence-electron chi connectivity index (χ1n) is 14.5. The van der Waals surface area contributed by atoms with Crippen molar-refractivity contribution in [3.05, 3.63) is 96.1 Å². The number of carbonyl (C=O) groups is 2. The fourth-order valence-electron chi connectivity index (χ4n) is 5.47. The van der Waals surface area contributed by atoms with Gasteiger partial charge >= 0.3 is 11.9 Å². The zero-order valence-electron chi connectivity index (χ0n) is 25.3. The molecule has 5 rings (SSSR count). The summed E-state index contributed by atoms with van der Waals surface area (Å²) in [7, 11) is 1.57. The van der Waals surface area contributed by atoms with Crippen LogP contribution in [0.1, 0.15) is 17.0 Å². The lowest BCUT2D eigenvalue weighted by Crippen LogP contribution is -2.37. The molecule has 0 aliphatic heterocycles. The highest BCUT2D eigenvalue weighted by molar-refractivity contribution is 6.02. The molecule has 0 radical (unpaired) electrons. The van der Waals surface area contributed by atoms with Crippen molar-refractivity contribution in [2.45, 2.75) is 12.0 Å². The van der Waals surface area contributed by atoms with Crippen LogP contribution in [0.4, 0.5) is 0 Å². The van der Waals surface area contributed by atoms with Crippen molar-refractivity contribution < 1.29 is 55.2 Å². The van der Waals surface area contributed by atoms with E-state index in [0.717, 1.165) is 6.08 Å². The summed E-state index contributed by atoms with van der Waals surface area (Å²) in [6, 6.07) is 18.7. The van der Waals surface area contributed by atoms with E-state index in [1.807, 2.05) is 0 Å². The number of rotatable bonds is 10. The van der Waals surface area contributed by atoms with E-state index >= 15 is 0 Å². The molecule has 12 nitrogen and oxygen atoms in total. The van der Waals surface area contributed by atoms with Crippen molar-refractivity contribution in [1.29, 1.82) is 0 Å². The Bertz CT molecular complexity index is 2070. The van der Waals surface area contributed by atoms with E-state index in [1.165, 1.54) is 60.7 Å². The third-order valence-electron chi connectivity index (χ3n) is 7.81. The first-order chi connectivity index (χ1) is 22.9. The Balaban J connectivity index is 1.53. The van der Waals surface area contributed by atoms with Crippen molar-refractivity contribution in [2.75, 3.05) is 13.6 Å². The van der Waals surface area contributed by atoms with Gasteiger partial charge in [-0.05, 0) is 106 Å². The van der Waals surface area contributed by atoms with Crippen LogP contribution in [0.2, 0.25) is 0 Å². The molecule has 0 fully saturated rings. The van der Waals surface area contributed by atoms with Crippen LogP contribution in [0, 0.1) is 0 Å². The number of likely N-dealkylation sites (N-methyl/N-ethyl adjacent to an activating group) is 1. The Morgan fingerprint density at radius 2 is 1.40 bits per heavy atom. The van der Waals surface area contributed by atoms with E-state index in [-0.39, 0.29) is 34.6 Å². The van der Waals surface area contributed by atoms with Gasteiger partial charge in [0.2, 0.25) is 6.10 Å². The Morgan fingerprint density at radius 1 is 0.729 bits per heavy atom. The van der Waals surface area contributed by atoms with Crippen molar-refractivity contribution in [3.63, 3.8) is 0 Å². The van der Waals surface area contributed by atoms with Crippen LogP contribution >= 0.6 is 0 Å². The van der Waals surface area contributed by atoms with E-state index in [1.54, 1.807) is 31.3 Å². The van der Waals surface area contributed by atoms with Gasteiger partial charge in [0.05, 0.1) is 0 Å². The van der Waals surface area contributed by atoms with Crippen LogP contribution in [-0.4, -0.2) is 72.5 Å². The molecule has 0 heterocycles. The molecule has 0 unspecified atom stereocenters. The number of hydrogen-bond acceptors (Lipinski definition) is 11. The molecule has 5 aromatic carbocycles. The number of benzene rings is 5. The van der Waals surface area contributed by atoms with Crippen LogP contribution < -0.4 is 5.32 Å². The number of carboxylic acid groups (broad SMARTS) is 1. The maximum Gasteiger partial charge on any atom is 0.345 e. The van der Waals surface area contributed by atoms with E-state index in [9.17, 15) is 50.4 Å². The normalized spacial score (nSPS) is 12.6. The SMILES string of the molecule is CNC[C@@H](c1ccc(O)c(O)c1)[C@@H](OC(=O)/C=C/c1cc(O)c(O)c2ccc(-c3cc(O)c(O)cc3-c3cccc(O)c3)cc12)C(=O)O. The largest absolute Gasteiger partial charge is 0.508 e. The van der Waals surface area contributed by atoms with E-state index in [0.29, 0.717) is 27.6 Å². The third kappa shape index (κ3) is 6.73. The lowest BCUT2D eigenvalue weighted by molar-refractivity contribution is -0.162. The summed E-state index contributed by atoms with van der Waals surface area (Å²) in [5, 5.41) is 84.7. The lowest BCUT2D eigenvalue weighted by atomic mass is 9.91. The van der Waals surface area contributed by atoms with Gasteiger partial charge in [0.25, 0.3) is 0 Å². The number of aliphatic carboxylic acids is 1. The first kappa shape index (κ1) is 33.0. The molecular weight excluding hydrogens is 622 g/mol. The fourth-order valence-corrected chi connectivity index (χ4v) is 5.47. The number of hydrogen-bond donors (Lipinski definition) is 9. The molecule has 48 heavy (non-hydrogen) atoms. The van der Waals surface area contributed by atoms with Crippen LogP contribution in [0.5, 0.6) is 40.2 Å². The van der Waals surface area contributed by atoms with Gasteiger partial charge in [0.1, 0.15) is 5.75 Å². The van der Waals surface area contributed by atoms with Crippen LogP contribution in [0.3, 0.4) is 0 Å². The van der Waals surface area contributed by atoms with Gasteiger partial charge in [-0.25, -0.2) is 9.59 Å². The summed E-state index contributed by atoms with van der Waals surface area (Å²) in [6.07, 6.45) is 0.535. The second-order valence-electron chi connectivity index (χ2n) is 11.0. The molecule has 0 aromatic heterocycles. The molecular formula is C36H31NO11. The molecule has 0 saturated heterocycles. The Kier molecular flexibility index (Phi) is 9.29. The molecule has 0 amide bonds. The molecule has 0 saturated carbocycles. The molecule has 5 aromatic rings. The number of fused-ring (bicyclic) bond motifs is 1. The quantitative estimate of drug-likeness (QED) is 0.0545. The van der Waals surface area contributed by atoms with E-state index < -0.39 is 52.7 Å². The fraction of sp³-hybridized carbons (Fsp3) is 0.111. The Hall–Kier alpha value is -6.40. The van der Waals surface area contributed by atoms with Gasteiger partial charge in [-0.1, -0.05) is 24.3 Å². The molecule has 2 atom stereocenters. The number of carboxylic acids is 1. The number of esters is 1. The summed E-state index contributed by atoms with van der Waals surface area (Å²) in [5.74, 6) is -6.07. The van der Waals surface area contributed by atoms with Crippen molar-refractivity contribution >= 4 is 28.8 Å². The topological polar surface area (TPSA) is 217 Å². The lowest BCUT2D eigenvalue weighted by Gasteiger charge is -2.24. The van der Waals surface area contributed by atoms with E-state index in [4.69, 9.17) is 4.74 Å². The molecule has 12 heteroatoms. The molecule has 0 bridgehead atoms. The van der Waals surface area contributed by atoms with Crippen molar-refractivity contribution in [3.8, 4) is 62.5 Å². The van der Waals surface area contributed by atoms with Crippen LogP contribution in [-0.2, 0) is 14.3 Å².